The highest BCUT2D eigenvalue weighted by Crippen LogP contribution is 2.15. The van der Waals surface area contributed by atoms with Crippen LogP contribution in [-0.2, 0) is 14.4 Å². The van der Waals surface area contributed by atoms with Crippen molar-refractivity contribution in [2.24, 2.45) is 0 Å². The van der Waals surface area contributed by atoms with Crippen molar-refractivity contribution in [3.05, 3.63) is 35.9 Å². The number of amides is 3. The van der Waals surface area contributed by atoms with Crippen molar-refractivity contribution in [3.8, 4) is 0 Å². The summed E-state index contributed by atoms with van der Waals surface area (Å²) in [5.41, 5.74) is 0.789. The number of hydrogen-bond acceptors (Lipinski definition) is 4. The van der Waals surface area contributed by atoms with Gasteiger partial charge in [0.25, 0.3) is 0 Å². The van der Waals surface area contributed by atoms with Gasteiger partial charge in [-0.3, -0.25) is 19.3 Å². The van der Waals surface area contributed by atoms with Crippen LogP contribution in [0.1, 0.15) is 30.9 Å². The molecule has 1 aromatic carbocycles. The summed E-state index contributed by atoms with van der Waals surface area (Å²) in [6, 6.07) is 9.16. The summed E-state index contributed by atoms with van der Waals surface area (Å²) in [5.74, 6) is -1.00. The molecule has 1 aliphatic rings. The van der Waals surface area contributed by atoms with Gasteiger partial charge in [0.1, 0.15) is 6.54 Å². The Kier molecular flexibility index (Phi) is 5.05. The minimum Gasteiger partial charge on any atom is -0.388 e. The molecule has 6 heteroatoms. The highest BCUT2D eigenvalue weighted by atomic mass is 16.3. The van der Waals surface area contributed by atoms with Crippen LogP contribution in [0.2, 0.25) is 0 Å². The number of nitrogens with one attached hydrogen (secondary N) is 1. The summed E-state index contributed by atoms with van der Waals surface area (Å²) in [4.78, 5) is 35.4. The maximum atomic E-state index is 11.7. The summed E-state index contributed by atoms with van der Waals surface area (Å²) < 4.78 is 0. The van der Waals surface area contributed by atoms with Gasteiger partial charge in [-0.1, -0.05) is 30.3 Å². The highest BCUT2D eigenvalue weighted by molar-refractivity contribution is 6.04. The zero-order valence-electron chi connectivity index (χ0n) is 11.6. The average molecular weight is 290 g/mol. The normalized spacial score (nSPS) is 16.1. The van der Waals surface area contributed by atoms with Crippen LogP contribution in [0.5, 0.6) is 0 Å². The Morgan fingerprint density at radius 3 is 2.43 bits per heavy atom. The first-order chi connectivity index (χ1) is 10.1. The van der Waals surface area contributed by atoms with E-state index in [4.69, 9.17) is 0 Å². The molecule has 0 saturated carbocycles. The van der Waals surface area contributed by atoms with Crippen molar-refractivity contribution in [2.45, 2.75) is 25.4 Å². The monoisotopic (exact) mass is 290 g/mol. The number of rotatable bonds is 6. The Morgan fingerprint density at radius 2 is 1.81 bits per heavy atom. The Hall–Kier alpha value is -2.21. The number of nitrogens with zero attached hydrogens (tertiary/aromatic N) is 1. The third-order valence-corrected chi connectivity index (χ3v) is 3.38. The van der Waals surface area contributed by atoms with Gasteiger partial charge in [-0.25, -0.2) is 0 Å². The Balaban J connectivity index is 1.72. The van der Waals surface area contributed by atoms with Gasteiger partial charge in [-0.15, -0.1) is 0 Å². The molecule has 112 valence electrons. The van der Waals surface area contributed by atoms with Gasteiger partial charge in [-0.2, -0.15) is 0 Å². The van der Waals surface area contributed by atoms with Crippen LogP contribution in [0.3, 0.4) is 0 Å². The van der Waals surface area contributed by atoms with E-state index in [2.05, 4.69) is 5.32 Å². The van der Waals surface area contributed by atoms with Crippen LogP contribution in [0.15, 0.2) is 30.3 Å². The molecule has 3 amide bonds. The molecule has 1 fully saturated rings. The SMILES string of the molecule is O=C(CN1C(=O)CCC1=O)NCCC(O)c1ccccc1. The van der Waals surface area contributed by atoms with E-state index in [0.717, 1.165) is 10.5 Å². The molecule has 1 aromatic rings. The lowest BCUT2D eigenvalue weighted by Crippen LogP contribution is -2.40. The fraction of sp³-hybridized carbons (Fsp3) is 0.400. The van der Waals surface area contributed by atoms with E-state index in [1.165, 1.54) is 0 Å². The van der Waals surface area contributed by atoms with Crippen LogP contribution in [0, 0.1) is 0 Å². The molecule has 1 aliphatic heterocycles. The molecule has 1 heterocycles. The lowest BCUT2D eigenvalue weighted by molar-refractivity contribution is -0.142. The summed E-state index contributed by atoms with van der Waals surface area (Å²) in [6.07, 6.45) is 0.0801. The number of aliphatic hydroxyl groups excluding tert-OH is 1. The Morgan fingerprint density at radius 1 is 1.19 bits per heavy atom. The van der Waals surface area contributed by atoms with Gasteiger partial charge >= 0.3 is 0 Å². The van der Waals surface area contributed by atoms with Crippen molar-refractivity contribution in [3.63, 3.8) is 0 Å². The van der Waals surface area contributed by atoms with E-state index in [-0.39, 0.29) is 43.7 Å². The van der Waals surface area contributed by atoms with E-state index < -0.39 is 6.10 Å². The first kappa shape index (κ1) is 15.2. The van der Waals surface area contributed by atoms with Crippen LogP contribution in [0.25, 0.3) is 0 Å². The molecule has 0 aliphatic carbocycles. The van der Waals surface area contributed by atoms with E-state index in [0.29, 0.717) is 6.42 Å². The standard InChI is InChI=1S/C15H18N2O4/c18-12(11-4-2-1-3-5-11)8-9-16-13(19)10-17-14(20)6-7-15(17)21/h1-5,12,18H,6-10H2,(H,16,19). The van der Waals surface area contributed by atoms with Crippen molar-refractivity contribution >= 4 is 17.7 Å². The molecule has 1 unspecified atom stereocenters. The van der Waals surface area contributed by atoms with Gasteiger partial charge in [0.05, 0.1) is 6.10 Å². The average Bonchev–Trinajstić information content (AvgIpc) is 2.80. The third-order valence-electron chi connectivity index (χ3n) is 3.38. The van der Waals surface area contributed by atoms with Gasteiger partial charge in [0.15, 0.2) is 0 Å². The Labute approximate surface area is 122 Å². The molecular weight excluding hydrogens is 272 g/mol. The second-order valence-corrected chi connectivity index (χ2v) is 4.94. The summed E-state index contributed by atoms with van der Waals surface area (Å²) in [7, 11) is 0. The number of aliphatic hydroxyl groups is 1. The number of hydrogen-bond donors (Lipinski definition) is 2. The molecule has 0 bridgehead atoms. The smallest absolute Gasteiger partial charge is 0.240 e. The lowest BCUT2D eigenvalue weighted by atomic mass is 10.1. The van der Waals surface area contributed by atoms with Gasteiger partial charge < -0.3 is 10.4 Å². The minimum atomic E-state index is -0.651. The molecule has 6 nitrogen and oxygen atoms in total. The topological polar surface area (TPSA) is 86.7 Å². The van der Waals surface area contributed by atoms with Gasteiger partial charge in [0.2, 0.25) is 17.7 Å². The molecule has 1 saturated heterocycles. The number of benzene rings is 1. The van der Waals surface area contributed by atoms with Crippen molar-refractivity contribution < 1.29 is 19.5 Å². The maximum absolute atomic E-state index is 11.7. The number of likely N-dealkylation sites (tertiary alicyclic amines) is 1. The van der Waals surface area contributed by atoms with Gasteiger partial charge in [-0.05, 0) is 12.0 Å². The minimum absolute atomic E-state index is 0.179. The number of imide groups is 1. The van der Waals surface area contributed by atoms with Crippen molar-refractivity contribution in [1.82, 2.24) is 10.2 Å². The van der Waals surface area contributed by atoms with Crippen LogP contribution in [0.4, 0.5) is 0 Å². The van der Waals surface area contributed by atoms with E-state index in [1.54, 1.807) is 0 Å². The molecule has 1 atom stereocenters. The second kappa shape index (κ2) is 6.99. The van der Waals surface area contributed by atoms with Crippen molar-refractivity contribution in [2.75, 3.05) is 13.1 Å². The molecule has 0 spiro atoms. The predicted molar refractivity (Wildman–Crippen MR) is 75.0 cm³/mol. The number of carbonyl (C=O) groups excluding carboxylic acids is 3. The largest absolute Gasteiger partial charge is 0.388 e. The summed E-state index contributed by atoms with van der Waals surface area (Å²) >= 11 is 0. The first-order valence-electron chi connectivity index (χ1n) is 6.91. The lowest BCUT2D eigenvalue weighted by Gasteiger charge is -2.15. The maximum Gasteiger partial charge on any atom is 0.240 e. The molecule has 0 radical (unpaired) electrons. The summed E-state index contributed by atoms with van der Waals surface area (Å²) in [6.45, 7) is 0.0458. The quantitative estimate of drug-likeness (QED) is 0.741. The molecule has 2 N–H and O–H groups in total. The van der Waals surface area contributed by atoms with Crippen LogP contribution < -0.4 is 5.32 Å². The van der Waals surface area contributed by atoms with Crippen molar-refractivity contribution in [1.29, 1.82) is 0 Å². The third kappa shape index (κ3) is 4.13. The fourth-order valence-electron chi connectivity index (χ4n) is 2.19. The van der Waals surface area contributed by atoms with Crippen LogP contribution >= 0.6 is 0 Å². The molecule has 21 heavy (non-hydrogen) atoms. The highest BCUT2D eigenvalue weighted by Gasteiger charge is 2.30. The summed E-state index contributed by atoms with van der Waals surface area (Å²) in [5, 5.41) is 12.5. The second-order valence-electron chi connectivity index (χ2n) is 4.94. The first-order valence-corrected chi connectivity index (χ1v) is 6.91. The van der Waals surface area contributed by atoms with E-state index >= 15 is 0 Å². The molecule has 0 aromatic heterocycles. The molecular formula is C15H18N2O4. The fourth-order valence-corrected chi connectivity index (χ4v) is 2.19. The predicted octanol–water partition coefficient (Wildman–Crippen LogP) is 0.375. The number of carbonyl (C=O) groups is 3. The zero-order chi connectivity index (χ0) is 15.2. The van der Waals surface area contributed by atoms with E-state index in [9.17, 15) is 19.5 Å². The Bertz CT molecular complexity index is 514. The van der Waals surface area contributed by atoms with Crippen LogP contribution in [-0.4, -0.2) is 40.8 Å². The molecule has 2 rings (SSSR count). The van der Waals surface area contributed by atoms with E-state index in [1.807, 2.05) is 30.3 Å². The zero-order valence-corrected chi connectivity index (χ0v) is 11.6. The van der Waals surface area contributed by atoms with Gasteiger partial charge in [0, 0.05) is 19.4 Å².